The van der Waals surface area contributed by atoms with Gasteiger partial charge in [-0.15, -0.1) is 0 Å². The van der Waals surface area contributed by atoms with Crippen molar-refractivity contribution < 1.29 is 10.2 Å². The molecule has 0 aliphatic carbocycles. The molecular weight excluding hydrogens is 248 g/mol. The van der Waals surface area contributed by atoms with Gasteiger partial charge in [0.2, 0.25) is 0 Å². The topological polar surface area (TPSA) is 40.5 Å². The first-order chi connectivity index (χ1) is 9.69. The van der Waals surface area contributed by atoms with Crippen LogP contribution in [0.3, 0.4) is 0 Å². The summed E-state index contributed by atoms with van der Waals surface area (Å²) in [5, 5.41) is 20.6. The molecule has 20 heavy (non-hydrogen) atoms. The number of hydrogen-bond acceptors (Lipinski definition) is 2. The van der Waals surface area contributed by atoms with Crippen LogP contribution in [0.1, 0.15) is 50.0 Å². The summed E-state index contributed by atoms with van der Waals surface area (Å²) in [6.07, 6.45) is 0.187. The molecule has 2 unspecified atom stereocenters. The van der Waals surface area contributed by atoms with Crippen LogP contribution in [-0.4, -0.2) is 10.2 Å². The highest BCUT2D eigenvalue weighted by Gasteiger charge is 2.20. The number of aliphatic hydroxyl groups excluding tert-OH is 2. The van der Waals surface area contributed by atoms with Gasteiger partial charge in [-0.05, 0) is 35.1 Å². The molecule has 0 aliphatic rings. The van der Waals surface area contributed by atoms with Gasteiger partial charge in [-0.1, -0.05) is 62.4 Å². The van der Waals surface area contributed by atoms with Gasteiger partial charge in [-0.25, -0.2) is 0 Å². The Kier molecular flexibility index (Phi) is 4.94. The third-order valence-electron chi connectivity index (χ3n) is 3.69. The van der Waals surface area contributed by atoms with Gasteiger partial charge < -0.3 is 10.2 Å². The monoisotopic (exact) mass is 270 g/mol. The van der Waals surface area contributed by atoms with Crippen molar-refractivity contribution >= 4 is 0 Å². The van der Waals surface area contributed by atoms with Gasteiger partial charge in [0.05, 0.1) is 12.2 Å². The van der Waals surface area contributed by atoms with Crippen molar-refractivity contribution in [2.24, 2.45) is 0 Å². The summed E-state index contributed by atoms with van der Waals surface area (Å²) in [5.41, 5.74) is 3.77. The van der Waals surface area contributed by atoms with Crippen molar-refractivity contribution in [3.63, 3.8) is 0 Å². The average molecular weight is 270 g/mol. The number of hydrogen-bond donors (Lipinski definition) is 2. The van der Waals surface area contributed by atoms with Gasteiger partial charge >= 0.3 is 0 Å². The molecule has 0 heterocycles. The van der Waals surface area contributed by atoms with E-state index in [1.165, 1.54) is 0 Å². The summed E-state index contributed by atoms with van der Waals surface area (Å²) < 4.78 is 0. The van der Waals surface area contributed by atoms with Crippen LogP contribution in [0.15, 0.2) is 48.5 Å². The van der Waals surface area contributed by atoms with Crippen molar-refractivity contribution in [3.8, 4) is 11.1 Å². The summed E-state index contributed by atoms with van der Waals surface area (Å²) >= 11 is 0. The molecule has 0 fully saturated rings. The summed E-state index contributed by atoms with van der Waals surface area (Å²) in [5.74, 6) is 0. The largest absolute Gasteiger partial charge is 0.388 e. The Balaban J connectivity index is 2.62. The van der Waals surface area contributed by atoms with E-state index in [9.17, 15) is 10.2 Å². The van der Waals surface area contributed by atoms with Crippen molar-refractivity contribution in [3.05, 3.63) is 59.7 Å². The first kappa shape index (κ1) is 14.8. The summed E-state index contributed by atoms with van der Waals surface area (Å²) in [6.45, 7) is 3.90. The van der Waals surface area contributed by atoms with Gasteiger partial charge in [-0.2, -0.15) is 0 Å². The summed E-state index contributed by atoms with van der Waals surface area (Å²) in [4.78, 5) is 0. The maximum Gasteiger partial charge on any atom is 0.0797 e. The van der Waals surface area contributed by atoms with Gasteiger partial charge in [0.25, 0.3) is 0 Å². The van der Waals surface area contributed by atoms with Crippen LogP contribution in [0.2, 0.25) is 0 Å². The average Bonchev–Trinajstić information content (AvgIpc) is 2.53. The van der Waals surface area contributed by atoms with Gasteiger partial charge in [-0.3, -0.25) is 0 Å². The van der Waals surface area contributed by atoms with E-state index in [-0.39, 0.29) is 0 Å². The molecule has 0 spiro atoms. The molecule has 0 saturated heterocycles. The molecule has 0 amide bonds. The highest BCUT2D eigenvalue weighted by atomic mass is 16.3. The van der Waals surface area contributed by atoms with Crippen LogP contribution in [0.25, 0.3) is 11.1 Å². The van der Waals surface area contributed by atoms with Crippen molar-refractivity contribution in [2.75, 3.05) is 0 Å². The van der Waals surface area contributed by atoms with Crippen LogP contribution < -0.4 is 0 Å². The molecule has 2 atom stereocenters. The first-order valence-corrected chi connectivity index (χ1v) is 7.23. The Morgan fingerprint density at radius 3 is 2.05 bits per heavy atom. The van der Waals surface area contributed by atoms with Crippen molar-refractivity contribution in [1.82, 2.24) is 0 Å². The predicted octanol–water partition coefficient (Wildman–Crippen LogP) is 4.24. The Hall–Kier alpha value is -1.64. The molecule has 0 aliphatic heterocycles. The molecule has 106 valence electrons. The summed E-state index contributed by atoms with van der Waals surface area (Å²) in [6, 6.07) is 15.9. The standard InChI is InChI=1S/C18H22O2/c1-3-16(19)15-12-8-11-14(18(15)17(20)4-2)13-9-6-5-7-10-13/h5-12,16-17,19-20H,3-4H2,1-2H3. The number of benzene rings is 2. The maximum absolute atomic E-state index is 10.4. The lowest BCUT2D eigenvalue weighted by molar-refractivity contribution is 0.150. The van der Waals surface area contributed by atoms with E-state index in [0.29, 0.717) is 12.8 Å². The fourth-order valence-corrected chi connectivity index (χ4v) is 2.54. The van der Waals surface area contributed by atoms with E-state index in [1.54, 1.807) is 0 Å². The van der Waals surface area contributed by atoms with E-state index in [2.05, 4.69) is 0 Å². The Labute approximate surface area is 120 Å². The van der Waals surface area contributed by atoms with Crippen molar-refractivity contribution in [2.45, 2.75) is 38.9 Å². The zero-order chi connectivity index (χ0) is 14.5. The SMILES string of the molecule is CCC(O)c1cccc(-c2ccccc2)c1C(O)CC. The Morgan fingerprint density at radius 1 is 0.800 bits per heavy atom. The smallest absolute Gasteiger partial charge is 0.0797 e. The minimum atomic E-state index is -0.553. The van der Waals surface area contributed by atoms with Crippen molar-refractivity contribution in [1.29, 1.82) is 0 Å². The molecule has 0 bridgehead atoms. The van der Waals surface area contributed by atoms with E-state index in [0.717, 1.165) is 22.3 Å². The molecular formula is C18H22O2. The predicted molar refractivity (Wildman–Crippen MR) is 82.4 cm³/mol. The van der Waals surface area contributed by atoms with Crippen LogP contribution >= 0.6 is 0 Å². The number of aliphatic hydroxyl groups is 2. The lowest BCUT2D eigenvalue weighted by atomic mass is 9.88. The molecule has 0 aromatic heterocycles. The molecule has 2 heteroatoms. The van der Waals surface area contributed by atoms with Crippen LogP contribution in [-0.2, 0) is 0 Å². The second-order valence-electron chi connectivity index (χ2n) is 5.02. The zero-order valence-corrected chi connectivity index (χ0v) is 12.1. The van der Waals surface area contributed by atoms with E-state index in [1.807, 2.05) is 62.4 Å². The molecule has 0 saturated carbocycles. The second kappa shape index (κ2) is 6.69. The molecule has 2 rings (SSSR count). The molecule has 2 aromatic carbocycles. The van der Waals surface area contributed by atoms with Crippen LogP contribution in [0.4, 0.5) is 0 Å². The fraction of sp³-hybridized carbons (Fsp3) is 0.333. The van der Waals surface area contributed by atoms with E-state index >= 15 is 0 Å². The Morgan fingerprint density at radius 2 is 1.45 bits per heavy atom. The lowest BCUT2D eigenvalue weighted by Crippen LogP contribution is -2.07. The van der Waals surface area contributed by atoms with Gasteiger partial charge in [0.1, 0.15) is 0 Å². The van der Waals surface area contributed by atoms with Crippen LogP contribution in [0, 0.1) is 0 Å². The minimum Gasteiger partial charge on any atom is -0.388 e. The highest BCUT2D eigenvalue weighted by molar-refractivity contribution is 5.69. The third kappa shape index (κ3) is 2.92. The maximum atomic E-state index is 10.4. The Bertz CT molecular complexity index is 549. The quantitative estimate of drug-likeness (QED) is 0.853. The van der Waals surface area contributed by atoms with E-state index in [4.69, 9.17) is 0 Å². The minimum absolute atomic E-state index is 0.533. The van der Waals surface area contributed by atoms with E-state index < -0.39 is 12.2 Å². The first-order valence-electron chi connectivity index (χ1n) is 7.23. The van der Waals surface area contributed by atoms with Gasteiger partial charge in [0.15, 0.2) is 0 Å². The lowest BCUT2D eigenvalue weighted by Gasteiger charge is -2.21. The van der Waals surface area contributed by atoms with Crippen LogP contribution in [0.5, 0.6) is 0 Å². The fourth-order valence-electron chi connectivity index (χ4n) is 2.54. The molecule has 2 N–H and O–H groups in total. The van der Waals surface area contributed by atoms with Gasteiger partial charge in [0, 0.05) is 0 Å². The third-order valence-corrected chi connectivity index (χ3v) is 3.69. The summed E-state index contributed by atoms with van der Waals surface area (Å²) in [7, 11) is 0. The number of rotatable bonds is 5. The molecule has 2 nitrogen and oxygen atoms in total. The molecule has 2 aromatic rings. The highest BCUT2D eigenvalue weighted by Crippen LogP contribution is 2.35. The normalized spacial score (nSPS) is 14.0. The second-order valence-corrected chi connectivity index (χ2v) is 5.02. The molecule has 0 radical (unpaired) electrons. The zero-order valence-electron chi connectivity index (χ0n) is 12.1.